The maximum Gasteiger partial charge on any atom is 0.251 e. The van der Waals surface area contributed by atoms with Crippen molar-refractivity contribution < 1.29 is 24.2 Å². The maximum atomic E-state index is 12.4. The van der Waals surface area contributed by atoms with Crippen molar-refractivity contribution >= 4 is 11.8 Å². The lowest BCUT2D eigenvalue weighted by atomic mass is 10.1. The van der Waals surface area contributed by atoms with Crippen molar-refractivity contribution in [3.8, 4) is 11.3 Å². The summed E-state index contributed by atoms with van der Waals surface area (Å²) in [6.45, 7) is 2.42. The second-order valence-corrected chi connectivity index (χ2v) is 7.70. The number of rotatable bonds is 14. The molecule has 1 aliphatic carbocycles. The number of carbonyl (C=O) groups excluding carboxylic acids is 2. The molecule has 0 atom stereocenters. The van der Waals surface area contributed by atoms with Gasteiger partial charge in [0.25, 0.3) is 5.91 Å². The number of aromatic nitrogens is 3. The van der Waals surface area contributed by atoms with Gasteiger partial charge >= 0.3 is 0 Å². The third-order valence-electron chi connectivity index (χ3n) is 4.97. The molecular formula is C26H31N5O5. The van der Waals surface area contributed by atoms with Crippen LogP contribution in [-0.2, 0) is 20.8 Å². The molecule has 3 N–H and O–H groups in total. The molecule has 0 spiro atoms. The third kappa shape index (κ3) is 9.41. The SMILES string of the molecule is O=C(CCNC(=O)c1ccc(-c2cn(CCOCCOCCO)nn2)cc1)NC1=C/C=C\C=C/C=C1. The Bertz CT molecular complexity index is 1100. The fourth-order valence-corrected chi connectivity index (χ4v) is 3.14. The fraction of sp³-hybridized carbons (Fsp3) is 0.308. The molecule has 0 saturated carbocycles. The third-order valence-corrected chi connectivity index (χ3v) is 4.97. The normalized spacial score (nSPS) is 14.4. The van der Waals surface area contributed by atoms with Crippen LogP contribution in [0.2, 0.25) is 0 Å². The Morgan fingerprint density at radius 3 is 2.50 bits per heavy atom. The van der Waals surface area contributed by atoms with Gasteiger partial charge in [-0.3, -0.25) is 9.59 Å². The number of amides is 2. The number of allylic oxidation sites excluding steroid dienone is 7. The van der Waals surface area contributed by atoms with Crippen LogP contribution < -0.4 is 10.6 Å². The van der Waals surface area contributed by atoms with Crippen molar-refractivity contribution in [2.75, 3.05) is 39.6 Å². The quantitative estimate of drug-likeness (QED) is 0.342. The zero-order chi connectivity index (χ0) is 25.4. The van der Waals surface area contributed by atoms with Crippen LogP contribution in [0.4, 0.5) is 0 Å². The highest BCUT2D eigenvalue weighted by atomic mass is 16.5. The van der Waals surface area contributed by atoms with E-state index in [1.54, 1.807) is 28.9 Å². The first-order valence-electron chi connectivity index (χ1n) is 11.7. The average Bonchev–Trinajstić information content (AvgIpc) is 3.34. The summed E-state index contributed by atoms with van der Waals surface area (Å²) in [5.41, 5.74) is 2.70. The summed E-state index contributed by atoms with van der Waals surface area (Å²) >= 11 is 0. The van der Waals surface area contributed by atoms with Crippen LogP contribution in [0.3, 0.4) is 0 Å². The first-order valence-corrected chi connectivity index (χ1v) is 11.7. The number of aliphatic hydroxyl groups is 1. The largest absolute Gasteiger partial charge is 0.394 e. The molecule has 10 heteroatoms. The van der Waals surface area contributed by atoms with E-state index >= 15 is 0 Å². The molecule has 3 rings (SSSR count). The number of nitrogens with one attached hydrogen (secondary N) is 2. The molecule has 0 bridgehead atoms. The summed E-state index contributed by atoms with van der Waals surface area (Å²) in [6.07, 6.45) is 14.9. The molecule has 0 saturated heterocycles. The Morgan fingerprint density at radius 2 is 1.69 bits per heavy atom. The summed E-state index contributed by atoms with van der Waals surface area (Å²) in [6, 6.07) is 7.03. The number of ether oxygens (including phenoxy) is 2. The summed E-state index contributed by atoms with van der Waals surface area (Å²) in [5.74, 6) is -0.431. The van der Waals surface area contributed by atoms with Crippen molar-refractivity contribution in [2.45, 2.75) is 13.0 Å². The lowest BCUT2D eigenvalue weighted by Gasteiger charge is -2.08. The number of benzene rings is 1. The van der Waals surface area contributed by atoms with Gasteiger partial charge in [-0.1, -0.05) is 47.7 Å². The Labute approximate surface area is 210 Å². The summed E-state index contributed by atoms with van der Waals surface area (Å²) < 4.78 is 12.3. The minimum atomic E-state index is -0.253. The van der Waals surface area contributed by atoms with Gasteiger partial charge in [0.15, 0.2) is 0 Å². The van der Waals surface area contributed by atoms with Gasteiger partial charge in [-0.2, -0.15) is 0 Å². The summed E-state index contributed by atoms with van der Waals surface area (Å²) in [7, 11) is 0. The first kappa shape index (κ1) is 26.7. The number of hydrogen-bond donors (Lipinski definition) is 3. The lowest BCUT2D eigenvalue weighted by molar-refractivity contribution is -0.120. The Morgan fingerprint density at radius 1 is 0.944 bits per heavy atom. The van der Waals surface area contributed by atoms with E-state index in [4.69, 9.17) is 14.6 Å². The first-order chi connectivity index (χ1) is 17.7. The molecule has 0 unspecified atom stereocenters. The van der Waals surface area contributed by atoms with Gasteiger partial charge < -0.3 is 25.2 Å². The second-order valence-electron chi connectivity index (χ2n) is 7.70. The topological polar surface area (TPSA) is 128 Å². The van der Waals surface area contributed by atoms with Crippen LogP contribution in [0.15, 0.2) is 78.7 Å². The Kier molecular flexibility index (Phi) is 11.3. The van der Waals surface area contributed by atoms with E-state index in [1.807, 2.05) is 48.7 Å². The van der Waals surface area contributed by atoms with Gasteiger partial charge in [0, 0.05) is 29.8 Å². The Hall–Kier alpha value is -3.86. The van der Waals surface area contributed by atoms with Crippen LogP contribution in [0.5, 0.6) is 0 Å². The Balaban J connectivity index is 1.38. The highest BCUT2D eigenvalue weighted by Gasteiger charge is 2.09. The predicted octanol–water partition coefficient (Wildman–Crippen LogP) is 1.77. The molecular weight excluding hydrogens is 462 g/mol. The zero-order valence-electron chi connectivity index (χ0n) is 20.0. The molecule has 1 heterocycles. The number of aliphatic hydroxyl groups excluding tert-OH is 1. The molecule has 2 amide bonds. The van der Waals surface area contributed by atoms with Crippen LogP contribution in [-0.4, -0.2) is 71.5 Å². The van der Waals surface area contributed by atoms with Gasteiger partial charge in [-0.25, -0.2) is 4.68 Å². The minimum Gasteiger partial charge on any atom is -0.394 e. The van der Waals surface area contributed by atoms with E-state index in [2.05, 4.69) is 20.9 Å². The van der Waals surface area contributed by atoms with Gasteiger partial charge in [0.05, 0.1) is 45.8 Å². The van der Waals surface area contributed by atoms with Crippen molar-refractivity contribution in [2.24, 2.45) is 0 Å². The molecule has 0 fully saturated rings. The van der Waals surface area contributed by atoms with Crippen molar-refractivity contribution in [1.29, 1.82) is 0 Å². The fourth-order valence-electron chi connectivity index (χ4n) is 3.14. The monoisotopic (exact) mass is 493 g/mol. The van der Waals surface area contributed by atoms with Crippen molar-refractivity contribution in [3.05, 3.63) is 84.3 Å². The summed E-state index contributed by atoms with van der Waals surface area (Å²) in [5, 5.41) is 22.5. The number of carbonyl (C=O) groups is 2. The maximum absolute atomic E-state index is 12.4. The van der Waals surface area contributed by atoms with Gasteiger partial charge in [-0.05, 0) is 24.3 Å². The van der Waals surface area contributed by atoms with Gasteiger partial charge in [-0.15, -0.1) is 5.10 Å². The van der Waals surface area contributed by atoms with Crippen LogP contribution in [0, 0.1) is 0 Å². The predicted molar refractivity (Wildman–Crippen MR) is 135 cm³/mol. The van der Waals surface area contributed by atoms with Crippen molar-refractivity contribution in [3.63, 3.8) is 0 Å². The van der Waals surface area contributed by atoms with E-state index in [9.17, 15) is 9.59 Å². The molecule has 1 aliphatic rings. The smallest absolute Gasteiger partial charge is 0.251 e. The van der Waals surface area contributed by atoms with Gasteiger partial charge in [0.1, 0.15) is 5.69 Å². The van der Waals surface area contributed by atoms with Crippen LogP contribution in [0.1, 0.15) is 16.8 Å². The number of hydrogen-bond acceptors (Lipinski definition) is 7. The molecule has 2 aromatic rings. The highest BCUT2D eigenvalue weighted by Crippen LogP contribution is 2.17. The average molecular weight is 494 g/mol. The molecule has 36 heavy (non-hydrogen) atoms. The molecule has 190 valence electrons. The molecule has 10 nitrogen and oxygen atoms in total. The van der Waals surface area contributed by atoms with Crippen LogP contribution >= 0.6 is 0 Å². The van der Waals surface area contributed by atoms with Gasteiger partial charge in [0.2, 0.25) is 5.91 Å². The molecule has 1 aromatic carbocycles. The standard InChI is InChI=1S/C26H31N5O5/c32-15-17-36-19-18-35-16-14-31-20-24(29-30-31)21-8-10-22(11-9-21)26(34)27-13-12-25(33)28-23-6-4-2-1-3-5-7-23/h1-11,20,32H,12-19H2,(H,27,34)(H,28,33)/b2-1-,3-1?,4-2?,5-3-,6-4?,7-5?,23-6?,23-7?. The van der Waals surface area contributed by atoms with Crippen LogP contribution in [0.25, 0.3) is 11.3 Å². The number of nitrogens with zero attached hydrogens (tertiary/aromatic N) is 3. The highest BCUT2D eigenvalue weighted by molar-refractivity contribution is 5.94. The van der Waals surface area contributed by atoms with E-state index < -0.39 is 0 Å². The molecule has 1 aromatic heterocycles. The lowest BCUT2D eigenvalue weighted by Crippen LogP contribution is -2.30. The second kappa shape index (κ2) is 15.2. The zero-order valence-corrected chi connectivity index (χ0v) is 20.0. The summed E-state index contributed by atoms with van der Waals surface area (Å²) in [4.78, 5) is 24.6. The minimum absolute atomic E-state index is 0.000251. The molecule has 0 radical (unpaired) electrons. The van der Waals surface area contributed by atoms with E-state index in [0.717, 1.165) is 5.56 Å². The van der Waals surface area contributed by atoms with E-state index in [0.29, 0.717) is 49.9 Å². The van der Waals surface area contributed by atoms with E-state index in [-0.39, 0.29) is 31.4 Å². The molecule has 0 aliphatic heterocycles. The van der Waals surface area contributed by atoms with Crippen molar-refractivity contribution in [1.82, 2.24) is 25.6 Å². The van der Waals surface area contributed by atoms with E-state index in [1.165, 1.54) is 0 Å².